The maximum atomic E-state index is 9.60. The Morgan fingerprint density at radius 3 is 3.20 bits per heavy atom. The number of thioether (sulfide) groups is 1. The Kier molecular flexibility index (Phi) is 2.05. The Morgan fingerprint density at radius 2 is 2.40 bits per heavy atom. The van der Waals surface area contributed by atoms with Crippen LogP contribution in [0.4, 0.5) is 0 Å². The van der Waals surface area contributed by atoms with E-state index < -0.39 is 0 Å². The minimum Gasteiger partial charge on any atom is -0.504 e. The van der Waals surface area contributed by atoms with Crippen LogP contribution in [-0.4, -0.2) is 31.2 Å². The van der Waals surface area contributed by atoms with Crippen LogP contribution >= 0.6 is 11.8 Å². The lowest BCUT2D eigenvalue weighted by Crippen LogP contribution is -2.02. The molecule has 2 aromatic rings. The van der Waals surface area contributed by atoms with Gasteiger partial charge in [-0.2, -0.15) is 11.8 Å². The second-order valence-corrected chi connectivity index (χ2v) is 4.86. The van der Waals surface area contributed by atoms with Gasteiger partial charge in [0, 0.05) is 17.9 Å². The molecule has 1 saturated heterocycles. The van der Waals surface area contributed by atoms with Gasteiger partial charge in [-0.3, -0.25) is 4.40 Å². The van der Waals surface area contributed by atoms with E-state index in [9.17, 15) is 5.11 Å². The first kappa shape index (κ1) is 9.03. The summed E-state index contributed by atoms with van der Waals surface area (Å²) in [5.41, 5.74) is 0.560. The van der Waals surface area contributed by atoms with Gasteiger partial charge in [-0.25, -0.2) is 0 Å². The fraction of sp³-hybridized carbons (Fsp3) is 0.400. The third-order valence-corrected chi connectivity index (χ3v) is 3.90. The molecule has 15 heavy (non-hydrogen) atoms. The van der Waals surface area contributed by atoms with E-state index in [1.807, 2.05) is 28.4 Å². The molecule has 1 aliphatic heterocycles. The molecule has 1 fully saturated rings. The number of aromatic hydroxyl groups is 1. The lowest BCUT2D eigenvalue weighted by Gasteiger charge is -2.05. The molecule has 1 atom stereocenters. The highest BCUT2D eigenvalue weighted by molar-refractivity contribution is 7.99. The SMILES string of the molecule is Oc1cccn2c(C3CCSC3)nnc12. The molecule has 0 aromatic carbocycles. The van der Waals surface area contributed by atoms with E-state index >= 15 is 0 Å². The molecule has 0 spiro atoms. The number of pyridine rings is 1. The second kappa shape index (κ2) is 3.41. The van der Waals surface area contributed by atoms with Crippen LogP contribution in [0.25, 0.3) is 5.65 Å². The van der Waals surface area contributed by atoms with Crippen LogP contribution in [0.3, 0.4) is 0 Å². The lowest BCUT2D eigenvalue weighted by atomic mass is 10.1. The van der Waals surface area contributed by atoms with Crippen molar-refractivity contribution in [2.75, 3.05) is 11.5 Å². The normalized spacial score (nSPS) is 21.2. The number of nitrogens with zero attached hydrogens (tertiary/aromatic N) is 3. The Labute approximate surface area is 91.3 Å². The molecular weight excluding hydrogens is 210 g/mol. The second-order valence-electron chi connectivity index (χ2n) is 3.71. The van der Waals surface area contributed by atoms with Crippen molar-refractivity contribution in [1.82, 2.24) is 14.6 Å². The Hall–Kier alpha value is -1.23. The van der Waals surface area contributed by atoms with Crippen LogP contribution in [0.1, 0.15) is 18.2 Å². The maximum absolute atomic E-state index is 9.60. The summed E-state index contributed by atoms with van der Waals surface area (Å²) in [6.07, 6.45) is 3.06. The van der Waals surface area contributed by atoms with Crippen molar-refractivity contribution in [3.05, 3.63) is 24.2 Å². The van der Waals surface area contributed by atoms with Crippen molar-refractivity contribution >= 4 is 17.4 Å². The van der Waals surface area contributed by atoms with E-state index in [2.05, 4.69) is 10.2 Å². The summed E-state index contributed by atoms with van der Waals surface area (Å²) in [5.74, 6) is 3.95. The fourth-order valence-electron chi connectivity index (χ4n) is 1.94. The minimum atomic E-state index is 0.196. The Balaban J connectivity index is 2.15. The molecule has 5 heteroatoms. The molecule has 4 nitrogen and oxygen atoms in total. The zero-order chi connectivity index (χ0) is 10.3. The number of hydrogen-bond donors (Lipinski definition) is 1. The van der Waals surface area contributed by atoms with Crippen molar-refractivity contribution in [3.8, 4) is 5.75 Å². The highest BCUT2D eigenvalue weighted by atomic mass is 32.2. The molecule has 3 rings (SSSR count). The molecule has 0 bridgehead atoms. The van der Waals surface area contributed by atoms with Crippen molar-refractivity contribution in [3.63, 3.8) is 0 Å². The van der Waals surface area contributed by atoms with Crippen LogP contribution in [-0.2, 0) is 0 Å². The Morgan fingerprint density at radius 1 is 1.47 bits per heavy atom. The third kappa shape index (κ3) is 1.38. The maximum Gasteiger partial charge on any atom is 0.203 e. The van der Waals surface area contributed by atoms with Crippen molar-refractivity contribution in [2.24, 2.45) is 0 Å². The van der Waals surface area contributed by atoms with Gasteiger partial charge in [0.05, 0.1) is 0 Å². The van der Waals surface area contributed by atoms with Gasteiger partial charge in [-0.1, -0.05) is 0 Å². The molecule has 1 unspecified atom stereocenters. The van der Waals surface area contributed by atoms with E-state index in [1.165, 1.54) is 5.75 Å². The van der Waals surface area contributed by atoms with Gasteiger partial charge < -0.3 is 5.11 Å². The summed E-state index contributed by atoms with van der Waals surface area (Å²) < 4.78 is 1.89. The first-order valence-corrected chi connectivity index (χ1v) is 6.12. The molecule has 0 saturated carbocycles. The van der Waals surface area contributed by atoms with Crippen LogP contribution < -0.4 is 0 Å². The van der Waals surface area contributed by atoms with Crippen LogP contribution in [0.2, 0.25) is 0 Å². The van der Waals surface area contributed by atoms with Crippen molar-refractivity contribution in [1.29, 1.82) is 0 Å². The molecule has 0 aliphatic carbocycles. The fourth-order valence-corrected chi connectivity index (χ4v) is 3.15. The van der Waals surface area contributed by atoms with Crippen molar-refractivity contribution in [2.45, 2.75) is 12.3 Å². The van der Waals surface area contributed by atoms with Gasteiger partial charge in [0.1, 0.15) is 5.82 Å². The predicted molar refractivity (Wildman–Crippen MR) is 59.3 cm³/mol. The van der Waals surface area contributed by atoms with E-state index in [0.29, 0.717) is 11.6 Å². The molecule has 1 N–H and O–H groups in total. The average molecular weight is 221 g/mol. The largest absolute Gasteiger partial charge is 0.504 e. The first-order valence-electron chi connectivity index (χ1n) is 4.96. The molecule has 0 amide bonds. The summed E-state index contributed by atoms with van der Waals surface area (Å²) in [6, 6.07) is 3.45. The molecule has 3 heterocycles. The Bertz CT molecular complexity index is 490. The molecule has 0 radical (unpaired) electrons. The summed E-state index contributed by atoms with van der Waals surface area (Å²) >= 11 is 1.95. The smallest absolute Gasteiger partial charge is 0.203 e. The van der Waals surface area contributed by atoms with E-state index in [4.69, 9.17) is 0 Å². The third-order valence-electron chi connectivity index (χ3n) is 2.74. The van der Waals surface area contributed by atoms with Gasteiger partial charge in [0.2, 0.25) is 5.65 Å². The quantitative estimate of drug-likeness (QED) is 0.795. The van der Waals surface area contributed by atoms with Gasteiger partial charge in [-0.15, -0.1) is 10.2 Å². The molecule has 2 aromatic heterocycles. The van der Waals surface area contributed by atoms with Crippen molar-refractivity contribution < 1.29 is 5.11 Å². The summed E-state index contributed by atoms with van der Waals surface area (Å²) in [4.78, 5) is 0. The van der Waals surface area contributed by atoms with Gasteiger partial charge in [0.15, 0.2) is 5.75 Å². The van der Waals surface area contributed by atoms with E-state index in [1.54, 1.807) is 6.07 Å². The highest BCUT2D eigenvalue weighted by Gasteiger charge is 2.23. The zero-order valence-electron chi connectivity index (χ0n) is 8.13. The number of fused-ring (bicyclic) bond motifs is 1. The standard InChI is InChI=1S/C10H11N3OS/c14-8-2-1-4-13-9(11-12-10(8)13)7-3-5-15-6-7/h1-2,4,7,14H,3,5-6H2. The van der Waals surface area contributed by atoms with E-state index in [-0.39, 0.29) is 5.75 Å². The first-order chi connectivity index (χ1) is 7.36. The van der Waals surface area contributed by atoms with Gasteiger partial charge >= 0.3 is 0 Å². The zero-order valence-corrected chi connectivity index (χ0v) is 8.94. The minimum absolute atomic E-state index is 0.196. The van der Waals surface area contributed by atoms with E-state index in [0.717, 1.165) is 18.0 Å². The highest BCUT2D eigenvalue weighted by Crippen LogP contribution is 2.32. The van der Waals surface area contributed by atoms with Gasteiger partial charge in [0.25, 0.3) is 0 Å². The van der Waals surface area contributed by atoms with Crippen LogP contribution in [0, 0.1) is 0 Å². The molecule has 78 valence electrons. The average Bonchev–Trinajstić information content (AvgIpc) is 2.85. The molecule has 1 aliphatic rings. The number of rotatable bonds is 1. The summed E-state index contributed by atoms with van der Waals surface area (Å²) in [7, 11) is 0. The topological polar surface area (TPSA) is 50.4 Å². The van der Waals surface area contributed by atoms with Crippen LogP contribution in [0.15, 0.2) is 18.3 Å². The number of hydrogen-bond acceptors (Lipinski definition) is 4. The summed E-state index contributed by atoms with van der Waals surface area (Å²) in [6.45, 7) is 0. The lowest BCUT2D eigenvalue weighted by molar-refractivity contribution is 0.477. The summed E-state index contributed by atoms with van der Waals surface area (Å²) in [5, 5.41) is 17.8. The predicted octanol–water partition coefficient (Wildman–Crippen LogP) is 1.66. The van der Waals surface area contributed by atoms with Gasteiger partial charge in [-0.05, 0) is 24.3 Å². The monoisotopic (exact) mass is 221 g/mol. The van der Waals surface area contributed by atoms with Crippen LogP contribution in [0.5, 0.6) is 5.75 Å². The molecular formula is C10H11N3OS. The number of aromatic nitrogens is 3.